The van der Waals surface area contributed by atoms with Crippen LogP contribution in [-0.4, -0.2) is 46.8 Å². The molecule has 0 aliphatic heterocycles. The van der Waals surface area contributed by atoms with Crippen molar-refractivity contribution in [3.8, 4) is 5.75 Å². The Morgan fingerprint density at radius 1 is 1.13 bits per heavy atom. The number of fused-ring (bicyclic) bond motifs is 1. The molecular formula is C23H31N5O2. The van der Waals surface area contributed by atoms with Gasteiger partial charge in [-0.3, -0.25) is 4.99 Å². The zero-order chi connectivity index (χ0) is 21.3. The van der Waals surface area contributed by atoms with Gasteiger partial charge in [0.25, 0.3) is 0 Å². The lowest BCUT2D eigenvalue weighted by molar-refractivity contribution is 0.186. The van der Waals surface area contributed by atoms with Gasteiger partial charge in [-0.25, -0.2) is 4.98 Å². The number of aromatic amines is 1. The molecule has 0 spiro atoms. The number of aromatic nitrogens is 2. The second kappa shape index (κ2) is 10.6. The van der Waals surface area contributed by atoms with Crippen LogP contribution in [0.4, 0.5) is 0 Å². The van der Waals surface area contributed by atoms with E-state index in [1.165, 1.54) is 0 Å². The minimum atomic E-state index is -0.677. The van der Waals surface area contributed by atoms with E-state index in [9.17, 15) is 5.11 Å². The minimum absolute atomic E-state index is 0.124. The Labute approximate surface area is 177 Å². The third-order valence-corrected chi connectivity index (χ3v) is 4.50. The Hall–Kier alpha value is -3.06. The molecule has 1 unspecified atom stereocenters. The first-order valence-electron chi connectivity index (χ1n) is 10.5. The van der Waals surface area contributed by atoms with Gasteiger partial charge < -0.3 is 25.5 Å². The highest BCUT2D eigenvalue weighted by Crippen LogP contribution is 2.19. The zero-order valence-corrected chi connectivity index (χ0v) is 17.9. The first kappa shape index (κ1) is 21.6. The van der Waals surface area contributed by atoms with E-state index in [0.29, 0.717) is 12.5 Å². The molecule has 1 heterocycles. The summed E-state index contributed by atoms with van der Waals surface area (Å²) in [6.45, 7) is 7.68. The molecular weight excluding hydrogens is 378 g/mol. The number of aliphatic imine (C=N–C) groups is 1. The molecule has 0 fully saturated rings. The number of guanidine groups is 1. The molecule has 3 rings (SSSR count). The van der Waals surface area contributed by atoms with E-state index in [-0.39, 0.29) is 12.6 Å². The van der Waals surface area contributed by atoms with E-state index < -0.39 is 6.10 Å². The average molecular weight is 410 g/mol. The number of nitrogens with zero attached hydrogens (tertiary/aromatic N) is 2. The van der Waals surface area contributed by atoms with Crippen molar-refractivity contribution in [1.82, 2.24) is 20.6 Å². The Bertz CT molecular complexity index is 917. The molecule has 7 nitrogen and oxygen atoms in total. The average Bonchev–Trinajstić information content (AvgIpc) is 3.14. The third-order valence-electron chi connectivity index (χ3n) is 4.50. The monoisotopic (exact) mass is 409 g/mol. The van der Waals surface area contributed by atoms with E-state index >= 15 is 0 Å². The summed E-state index contributed by atoms with van der Waals surface area (Å²) < 4.78 is 5.64. The molecule has 30 heavy (non-hydrogen) atoms. The van der Waals surface area contributed by atoms with Crippen molar-refractivity contribution in [2.45, 2.75) is 39.4 Å². The number of para-hydroxylation sites is 2. The SMILES string of the molecule is CCNC(=NCC(O)c1ccc(OC(C)C)cc1)NCCc1nc2ccccc2[nH]1. The van der Waals surface area contributed by atoms with E-state index in [2.05, 4.69) is 25.6 Å². The zero-order valence-electron chi connectivity index (χ0n) is 17.9. The molecule has 1 atom stereocenters. The summed E-state index contributed by atoms with van der Waals surface area (Å²) in [7, 11) is 0. The molecule has 0 aliphatic carbocycles. The quantitative estimate of drug-likeness (QED) is 0.322. The largest absolute Gasteiger partial charge is 0.491 e. The fourth-order valence-electron chi connectivity index (χ4n) is 3.09. The van der Waals surface area contributed by atoms with Crippen LogP contribution in [0.25, 0.3) is 11.0 Å². The van der Waals surface area contributed by atoms with Gasteiger partial charge in [0.2, 0.25) is 0 Å². The molecule has 160 valence electrons. The van der Waals surface area contributed by atoms with Crippen molar-refractivity contribution >= 4 is 17.0 Å². The molecule has 0 amide bonds. The van der Waals surface area contributed by atoms with Gasteiger partial charge in [-0.15, -0.1) is 0 Å². The molecule has 4 N–H and O–H groups in total. The highest BCUT2D eigenvalue weighted by molar-refractivity contribution is 5.79. The number of benzene rings is 2. The molecule has 2 aromatic carbocycles. The van der Waals surface area contributed by atoms with Gasteiger partial charge in [-0.05, 0) is 50.6 Å². The smallest absolute Gasteiger partial charge is 0.191 e. The molecule has 0 aliphatic rings. The van der Waals surface area contributed by atoms with Crippen LogP contribution in [0, 0.1) is 0 Å². The van der Waals surface area contributed by atoms with Crippen molar-refractivity contribution in [2.24, 2.45) is 4.99 Å². The summed E-state index contributed by atoms with van der Waals surface area (Å²) in [5, 5.41) is 17.0. The second-order valence-electron chi connectivity index (χ2n) is 7.35. The van der Waals surface area contributed by atoms with Crippen LogP contribution in [0.3, 0.4) is 0 Å². The Morgan fingerprint density at radius 2 is 1.90 bits per heavy atom. The summed E-state index contributed by atoms with van der Waals surface area (Å²) in [6.07, 6.45) is 0.196. The normalized spacial score (nSPS) is 12.9. The maximum Gasteiger partial charge on any atom is 0.191 e. The Kier molecular flexibility index (Phi) is 7.68. The molecule has 0 bridgehead atoms. The van der Waals surface area contributed by atoms with Gasteiger partial charge in [-0.1, -0.05) is 24.3 Å². The van der Waals surface area contributed by atoms with Crippen LogP contribution in [0.1, 0.15) is 38.3 Å². The number of aliphatic hydroxyl groups is 1. The summed E-state index contributed by atoms with van der Waals surface area (Å²) in [4.78, 5) is 12.4. The standard InChI is InChI=1S/C23H31N5O2/c1-4-24-23(25-14-13-22-27-19-7-5-6-8-20(19)28-22)26-15-21(29)17-9-11-18(12-10-17)30-16(2)3/h5-12,16,21,29H,4,13-15H2,1-3H3,(H,27,28)(H2,24,25,26). The van der Waals surface area contributed by atoms with Gasteiger partial charge in [0.1, 0.15) is 11.6 Å². The van der Waals surface area contributed by atoms with Crippen molar-refractivity contribution in [2.75, 3.05) is 19.6 Å². The van der Waals surface area contributed by atoms with Crippen molar-refractivity contribution in [3.63, 3.8) is 0 Å². The second-order valence-corrected chi connectivity index (χ2v) is 7.35. The van der Waals surface area contributed by atoms with Crippen LogP contribution in [0.15, 0.2) is 53.5 Å². The number of ether oxygens (including phenoxy) is 1. The fraction of sp³-hybridized carbons (Fsp3) is 0.391. The van der Waals surface area contributed by atoms with Crippen LogP contribution in [0.2, 0.25) is 0 Å². The van der Waals surface area contributed by atoms with Gasteiger partial charge in [0, 0.05) is 19.5 Å². The van der Waals surface area contributed by atoms with Crippen LogP contribution < -0.4 is 15.4 Å². The first-order chi connectivity index (χ1) is 14.5. The van der Waals surface area contributed by atoms with Gasteiger partial charge >= 0.3 is 0 Å². The molecule has 0 radical (unpaired) electrons. The Morgan fingerprint density at radius 3 is 2.60 bits per heavy atom. The van der Waals surface area contributed by atoms with Crippen molar-refractivity contribution < 1.29 is 9.84 Å². The number of H-pyrrole nitrogens is 1. The lowest BCUT2D eigenvalue weighted by Gasteiger charge is -2.14. The molecule has 7 heteroatoms. The first-order valence-corrected chi connectivity index (χ1v) is 10.5. The minimum Gasteiger partial charge on any atom is -0.491 e. The van der Waals surface area contributed by atoms with Crippen molar-refractivity contribution in [3.05, 3.63) is 59.9 Å². The number of rotatable bonds is 9. The predicted octanol–water partition coefficient (Wildman–Crippen LogP) is 3.18. The van der Waals surface area contributed by atoms with E-state index in [1.54, 1.807) is 0 Å². The Balaban J connectivity index is 1.52. The highest BCUT2D eigenvalue weighted by Gasteiger charge is 2.09. The van der Waals surface area contributed by atoms with Gasteiger partial charge in [-0.2, -0.15) is 0 Å². The van der Waals surface area contributed by atoms with E-state index in [4.69, 9.17) is 4.74 Å². The maximum atomic E-state index is 10.5. The summed E-state index contributed by atoms with van der Waals surface area (Å²) in [6, 6.07) is 15.5. The number of hydrogen-bond donors (Lipinski definition) is 4. The van der Waals surface area contributed by atoms with Crippen LogP contribution in [0.5, 0.6) is 5.75 Å². The number of hydrogen-bond acceptors (Lipinski definition) is 4. The molecule has 0 saturated heterocycles. The van der Waals surface area contributed by atoms with Crippen LogP contribution in [-0.2, 0) is 6.42 Å². The van der Waals surface area contributed by atoms with E-state index in [0.717, 1.165) is 41.1 Å². The third kappa shape index (κ3) is 6.22. The van der Waals surface area contributed by atoms with Gasteiger partial charge in [0.05, 0.1) is 29.8 Å². The highest BCUT2D eigenvalue weighted by atomic mass is 16.5. The van der Waals surface area contributed by atoms with E-state index in [1.807, 2.05) is 69.3 Å². The fourth-order valence-corrected chi connectivity index (χ4v) is 3.09. The number of nitrogens with one attached hydrogen (secondary N) is 3. The molecule has 3 aromatic rings. The maximum absolute atomic E-state index is 10.5. The van der Waals surface area contributed by atoms with Gasteiger partial charge in [0.15, 0.2) is 5.96 Å². The topological polar surface area (TPSA) is 94.6 Å². The number of aliphatic hydroxyl groups excluding tert-OH is 1. The summed E-state index contributed by atoms with van der Waals surface area (Å²) in [5.41, 5.74) is 2.83. The molecule has 0 saturated carbocycles. The predicted molar refractivity (Wildman–Crippen MR) is 121 cm³/mol. The summed E-state index contributed by atoms with van der Waals surface area (Å²) in [5.74, 6) is 2.40. The summed E-state index contributed by atoms with van der Waals surface area (Å²) >= 11 is 0. The lowest BCUT2D eigenvalue weighted by Crippen LogP contribution is -2.38. The molecule has 1 aromatic heterocycles. The lowest BCUT2D eigenvalue weighted by atomic mass is 10.1. The van der Waals surface area contributed by atoms with Crippen molar-refractivity contribution in [1.29, 1.82) is 0 Å². The number of imidazole rings is 1. The van der Waals surface area contributed by atoms with Crippen LogP contribution >= 0.6 is 0 Å².